The highest BCUT2D eigenvalue weighted by molar-refractivity contribution is 7.91. The molecule has 1 aliphatic heterocycles. The minimum atomic E-state index is -3.52. The standard InChI is InChI=1S/C36H54O8SSi/c1-28(32(37)41-6)22-30-16-12-17-31(23-30)35(5,33(38)43-24-29-14-10-9-11-15-29)18-13-19-36(25-42-26-36)27-45(39,40)21-20-44-46(7,8)34(2,3)4/h9-12,14-17,23,28H,13,18-22,24-27H2,1-8H3/t28-,35?/m0/s1/i5D3. The Balaban J connectivity index is 1.87. The van der Waals surface area contributed by atoms with Crippen LogP contribution >= 0.6 is 0 Å². The quantitative estimate of drug-likeness (QED) is 0.135. The van der Waals surface area contributed by atoms with Gasteiger partial charge in [-0.3, -0.25) is 9.59 Å². The number of ether oxygens (including phenoxy) is 3. The molecule has 1 heterocycles. The summed E-state index contributed by atoms with van der Waals surface area (Å²) in [4.78, 5) is 26.3. The number of carbonyl (C=O) groups excluding carboxylic acids is 2. The fraction of sp³-hybridized carbons (Fsp3) is 0.611. The van der Waals surface area contributed by atoms with E-state index >= 15 is 0 Å². The van der Waals surface area contributed by atoms with E-state index in [0.717, 1.165) is 0 Å². The number of sulfone groups is 1. The second-order valence-corrected chi connectivity index (χ2v) is 21.3. The number of hydrogen-bond donors (Lipinski definition) is 0. The van der Waals surface area contributed by atoms with Crippen LogP contribution in [0.1, 0.15) is 74.6 Å². The summed E-state index contributed by atoms with van der Waals surface area (Å²) in [5.41, 5.74) is -1.09. The highest BCUT2D eigenvalue weighted by Crippen LogP contribution is 2.40. The van der Waals surface area contributed by atoms with Crippen LogP contribution in [0.2, 0.25) is 18.1 Å². The smallest absolute Gasteiger partial charge is 0.316 e. The molecular weight excluding hydrogens is 621 g/mol. The second kappa shape index (κ2) is 15.6. The zero-order valence-corrected chi connectivity index (χ0v) is 30.3. The van der Waals surface area contributed by atoms with Crippen molar-refractivity contribution in [2.75, 3.05) is 38.4 Å². The lowest BCUT2D eigenvalue weighted by atomic mass is 9.74. The van der Waals surface area contributed by atoms with Gasteiger partial charge >= 0.3 is 11.9 Å². The van der Waals surface area contributed by atoms with E-state index in [9.17, 15) is 18.0 Å². The zero-order valence-electron chi connectivity index (χ0n) is 31.5. The number of benzene rings is 2. The van der Waals surface area contributed by atoms with E-state index < -0.39 is 53.7 Å². The minimum absolute atomic E-state index is 0.0452. The summed E-state index contributed by atoms with van der Waals surface area (Å²) < 4.78 is 75.1. The highest BCUT2D eigenvalue weighted by Gasteiger charge is 2.44. The minimum Gasteiger partial charge on any atom is -0.469 e. The highest BCUT2D eigenvalue weighted by atomic mass is 32.2. The number of rotatable bonds is 17. The van der Waals surface area contributed by atoms with Crippen LogP contribution in [-0.2, 0) is 56.5 Å². The molecule has 0 spiro atoms. The van der Waals surface area contributed by atoms with Gasteiger partial charge < -0.3 is 18.6 Å². The van der Waals surface area contributed by atoms with Gasteiger partial charge in [0.1, 0.15) is 6.61 Å². The first kappa shape index (κ1) is 33.4. The number of esters is 2. The average Bonchev–Trinajstić information content (AvgIpc) is 2.99. The molecular formula is C36H54O8SSi. The van der Waals surface area contributed by atoms with Gasteiger partial charge in [0.25, 0.3) is 0 Å². The van der Waals surface area contributed by atoms with Gasteiger partial charge in [0.2, 0.25) is 0 Å². The second-order valence-electron chi connectivity index (χ2n) is 14.3. The molecule has 0 bridgehead atoms. The van der Waals surface area contributed by atoms with Gasteiger partial charge in [0.15, 0.2) is 18.2 Å². The average molecular weight is 678 g/mol. The summed E-state index contributed by atoms with van der Waals surface area (Å²) in [6.07, 6.45) is 0.761. The molecule has 0 saturated carbocycles. The first-order chi connectivity index (χ1) is 22.7. The fourth-order valence-electron chi connectivity index (χ4n) is 5.41. The van der Waals surface area contributed by atoms with Gasteiger partial charge in [0.05, 0.1) is 43.2 Å². The van der Waals surface area contributed by atoms with Crippen molar-refractivity contribution in [1.29, 1.82) is 0 Å². The summed E-state index contributed by atoms with van der Waals surface area (Å²) in [6.45, 7) is 9.85. The van der Waals surface area contributed by atoms with Crippen LogP contribution in [0.15, 0.2) is 54.6 Å². The van der Waals surface area contributed by atoms with Gasteiger partial charge in [-0.25, -0.2) is 8.42 Å². The van der Waals surface area contributed by atoms with Gasteiger partial charge in [0, 0.05) is 16.1 Å². The van der Waals surface area contributed by atoms with Crippen molar-refractivity contribution in [1.82, 2.24) is 0 Å². The van der Waals surface area contributed by atoms with Gasteiger partial charge in [-0.05, 0) is 60.9 Å². The lowest BCUT2D eigenvalue weighted by molar-refractivity contribution is -0.152. The number of methoxy groups -OCH3 is 1. The molecule has 46 heavy (non-hydrogen) atoms. The van der Waals surface area contributed by atoms with Crippen LogP contribution in [0.4, 0.5) is 0 Å². The maximum absolute atomic E-state index is 14.1. The van der Waals surface area contributed by atoms with Crippen molar-refractivity contribution in [3.05, 3.63) is 71.3 Å². The van der Waals surface area contributed by atoms with E-state index in [4.69, 9.17) is 22.7 Å². The molecule has 0 aliphatic carbocycles. The molecule has 2 aromatic carbocycles. The molecule has 0 radical (unpaired) electrons. The van der Waals surface area contributed by atoms with E-state index in [2.05, 4.69) is 33.9 Å². The van der Waals surface area contributed by atoms with Gasteiger partial charge in [-0.2, -0.15) is 0 Å². The van der Waals surface area contributed by atoms with Crippen molar-refractivity contribution in [3.8, 4) is 0 Å². The molecule has 1 unspecified atom stereocenters. The Bertz CT molecular complexity index is 1520. The Hall–Kier alpha value is -2.53. The first-order valence-corrected chi connectivity index (χ1v) is 20.7. The van der Waals surface area contributed by atoms with Crippen LogP contribution in [0, 0.1) is 11.3 Å². The largest absolute Gasteiger partial charge is 0.469 e. The van der Waals surface area contributed by atoms with Crippen LogP contribution < -0.4 is 0 Å². The molecule has 0 aromatic heterocycles. The Labute approximate surface area is 281 Å². The third kappa shape index (κ3) is 10.2. The Kier molecular flexibility index (Phi) is 11.3. The topological polar surface area (TPSA) is 105 Å². The number of carbonyl (C=O) groups is 2. The van der Waals surface area contributed by atoms with Gasteiger partial charge in [-0.15, -0.1) is 0 Å². The van der Waals surface area contributed by atoms with Crippen LogP contribution in [0.5, 0.6) is 0 Å². The SMILES string of the molecule is [2H]C([2H])([2H])C(CCCC1(CS(=O)(=O)CCO[Si](C)(C)C(C)(C)C)COC1)(C(=O)OCc1ccccc1)c1cccc(C[C@H](C)C(=O)OC)c1. The van der Waals surface area contributed by atoms with E-state index in [1.165, 1.54) is 7.11 Å². The van der Waals surface area contributed by atoms with Crippen molar-refractivity contribution < 1.29 is 40.8 Å². The third-order valence-corrected chi connectivity index (χ3v) is 15.8. The first-order valence-electron chi connectivity index (χ1n) is 17.5. The summed E-state index contributed by atoms with van der Waals surface area (Å²) in [7, 11) is -4.33. The predicted octanol–water partition coefficient (Wildman–Crippen LogP) is 6.66. The lowest BCUT2D eigenvalue weighted by Gasteiger charge is -2.42. The Morgan fingerprint density at radius 3 is 2.33 bits per heavy atom. The molecule has 10 heteroatoms. The summed E-state index contributed by atoms with van der Waals surface area (Å²) in [6, 6.07) is 15.7. The molecule has 3 rings (SSSR count). The summed E-state index contributed by atoms with van der Waals surface area (Å²) in [5.74, 6) is -1.99. The zero-order chi connectivity index (χ0) is 36.7. The maximum atomic E-state index is 14.1. The molecule has 1 saturated heterocycles. The van der Waals surface area contributed by atoms with E-state index in [1.807, 2.05) is 6.07 Å². The lowest BCUT2D eigenvalue weighted by Crippen LogP contribution is -2.49. The Morgan fingerprint density at radius 1 is 1.07 bits per heavy atom. The normalized spacial score (nSPS) is 18.2. The van der Waals surface area contributed by atoms with Crippen LogP contribution in [-0.4, -0.2) is 67.1 Å². The Morgan fingerprint density at radius 2 is 1.74 bits per heavy atom. The number of hydrogen-bond acceptors (Lipinski definition) is 8. The molecule has 2 atom stereocenters. The van der Waals surface area contributed by atoms with Crippen molar-refractivity contribution in [3.63, 3.8) is 0 Å². The molecule has 1 aliphatic rings. The molecule has 256 valence electrons. The van der Waals surface area contributed by atoms with Crippen molar-refractivity contribution in [2.45, 2.75) is 90.4 Å². The van der Waals surface area contributed by atoms with E-state index in [0.29, 0.717) is 17.5 Å². The third-order valence-electron chi connectivity index (χ3n) is 9.39. The van der Waals surface area contributed by atoms with Gasteiger partial charge in [-0.1, -0.05) is 88.7 Å². The van der Waals surface area contributed by atoms with Crippen LogP contribution in [0.3, 0.4) is 0 Å². The van der Waals surface area contributed by atoms with E-state index in [1.54, 1.807) is 55.5 Å². The summed E-state index contributed by atoms with van der Waals surface area (Å²) in [5, 5.41) is -0.0452. The van der Waals surface area contributed by atoms with Crippen molar-refractivity contribution >= 4 is 30.1 Å². The van der Waals surface area contributed by atoms with Crippen molar-refractivity contribution in [2.24, 2.45) is 11.3 Å². The summed E-state index contributed by atoms with van der Waals surface area (Å²) >= 11 is 0. The fourth-order valence-corrected chi connectivity index (χ4v) is 8.33. The molecule has 1 fully saturated rings. The predicted molar refractivity (Wildman–Crippen MR) is 184 cm³/mol. The maximum Gasteiger partial charge on any atom is 0.316 e. The monoisotopic (exact) mass is 677 g/mol. The molecule has 8 nitrogen and oxygen atoms in total. The molecule has 0 N–H and O–H groups in total. The molecule has 0 amide bonds. The van der Waals surface area contributed by atoms with Crippen LogP contribution in [0.25, 0.3) is 0 Å². The molecule has 2 aromatic rings. The van der Waals surface area contributed by atoms with E-state index in [-0.39, 0.29) is 67.8 Å².